The highest BCUT2D eigenvalue weighted by Crippen LogP contribution is 2.36. The summed E-state index contributed by atoms with van der Waals surface area (Å²) in [7, 11) is 0. The zero-order valence-electron chi connectivity index (χ0n) is 17.3. The van der Waals surface area contributed by atoms with Crippen LogP contribution in [-0.2, 0) is 9.53 Å². The summed E-state index contributed by atoms with van der Waals surface area (Å²) in [6.45, 7) is 5.76. The third kappa shape index (κ3) is 7.76. The molecule has 0 aliphatic carbocycles. The number of ether oxygens (including phenoxy) is 3. The Morgan fingerprint density at radius 3 is 2.61 bits per heavy atom. The molecule has 0 aliphatic heterocycles. The topological polar surface area (TPSA) is 98.3 Å². The van der Waals surface area contributed by atoms with Crippen molar-refractivity contribution in [3.63, 3.8) is 0 Å². The van der Waals surface area contributed by atoms with E-state index < -0.39 is 12.0 Å². The molecule has 0 saturated carbocycles. The molecule has 0 bridgehead atoms. The summed E-state index contributed by atoms with van der Waals surface area (Å²) in [6, 6.07) is 8.16. The van der Waals surface area contributed by atoms with Gasteiger partial charge in [-0.3, -0.25) is 0 Å². The highest BCUT2D eigenvalue weighted by Gasteiger charge is 2.14. The first kappa shape index (κ1) is 24.5. The van der Waals surface area contributed by atoms with E-state index in [1.807, 2.05) is 19.1 Å². The number of hydrazone groups is 1. The lowest BCUT2D eigenvalue weighted by Crippen LogP contribution is -2.24. The van der Waals surface area contributed by atoms with E-state index in [9.17, 15) is 9.59 Å². The van der Waals surface area contributed by atoms with E-state index in [1.165, 1.54) is 6.21 Å². The van der Waals surface area contributed by atoms with Crippen molar-refractivity contribution in [1.29, 1.82) is 0 Å². The molecule has 0 unspecified atom stereocenters. The number of carbonyl (C=O) groups excluding carboxylic acids is 2. The SMILES string of the molecule is CCOC(=O)COc1c(Cl)cc(/C=N/NC(=O)Nc2ccc(Br)c(C)c2)cc1OCC. The van der Waals surface area contributed by atoms with Crippen LogP contribution in [0, 0.1) is 6.92 Å². The summed E-state index contributed by atoms with van der Waals surface area (Å²) >= 11 is 9.69. The fourth-order valence-electron chi connectivity index (χ4n) is 2.45. The molecule has 0 heterocycles. The molecule has 0 radical (unpaired) electrons. The van der Waals surface area contributed by atoms with Gasteiger partial charge in [-0.1, -0.05) is 27.5 Å². The molecule has 0 aromatic heterocycles. The smallest absolute Gasteiger partial charge is 0.344 e. The molecular formula is C21H23BrClN3O5. The van der Waals surface area contributed by atoms with Gasteiger partial charge >= 0.3 is 12.0 Å². The van der Waals surface area contributed by atoms with Crippen molar-refractivity contribution in [2.24, 2.45) is 5.10 Å². The van der Waals surface area contributed by atoms with E-state index in [-0.39, 0.29) is 24.0 Å². The number of amides is 2. The normalized spacial score (nSPS) is 10.6. The van der Waals surface area contributed by atoms with Crippen LogP contribution >= 0.6 is 27.5 Å². The van der Waals surface area contributed by atoms with Crippen molar-refractivity contribution < 1.29 is 23.8 Å². The molecule has 2 amide bonds. The van der Waals surface area contributed by atoms with Crippen LogP contribution in [0.5, 0.6) is 11.5 Å². The van der Waals surface area contributed by atoms with Gasteiger partial charge in [0.2, 0.25) is 0 Å². The minimum absolute atomic E-state index is 0.227. The highest BCUT2D eigenvalue weighted by atomic mass is 79.9. The third-order valence-corrected chi connectivity index (χ3v) is 4.94. The summed E-state index contributed by atoms with van der Waals surface area (Å²) in [6.07, 6.45) is 1.41. The largest absolute Gasteiger partial charge is 0.490 e. The summed E-state index contributed by atoms with van der Waals surface area (Å²) in [5, 5.41) is 6.84. The van der Waals surface area contributed by atoms with Crippen molar-refractivity contribution in [3.05, 3.63) is 51.0 Å². The number of urea groups is 1. The van der Waals surface area contributed by atoms with Crippen molar-refractivity contribution in [3.8, 4) is 11.5 Å². The van der Waals surface area contributed by atoms with Crippen molar-refractivity contribution >= 4 is 51.4 Å². The van der Waals surface area contributed by atoms with E-state index in [0.29, 0.717) is 23.6 Å². The number of hydrogen-bond donors (Lipinski definition) is 2. The Morgan fingerprint density at radius 2 is 1.94 bits per heavy atom. The van der Waals surface area contributed by atoms with Crippen molar-refractivity contribution in [2.45, 2.75) is 20.8 Å². The van der Waals surface area contributed by atoms with Crippen LogP contribution in [0.15, 0.2) is 39.9 Å². The summed E-state index contributed by atoms with van der Waals surface area (Å²) in [5.41, 5.74) is 4.58. The van der Waals surface area contributed by atoms with E-state index in [2.05, 4.69) is 31.8 Å². The number of nitrogens with zero attached hydrogens (tertiary/aromatic N) is 1. The zero-order valence-corrected chi connectivity index (χ0v) is 19.7. The molecule has 0 spiro atoms. The molecule has 2 aromatic carbocycles. The maximum atomic E-state index is 12.0. The van der Waals surface area contributed by atoms with Crippen LogP contribution in [-0.4, -0.2) is 38.0 Å². The summed E-state index contributed by atoms with van der Waals surface area (Å²) in [5.74, 6) is 0.0587. The monoisotopic (exact) mass is 511 g/mol. The van der Waals surface area contributed by atoms with E-state index in [4.69, 9.17) is 25.8 Å². The zero-order chi connectivity index (χ0) is 22.8. The van der Waals surface area contributed by atoms with Gasteiger partial charge in [-0.25, -0.2) is 15.0 Å². The predicted molar refractivity (Wildman–Crippen MR) is 123 cm³/mol. The lowest BCUT2D eigenvalue weighted by molar-refractivity contribution is -0.145. The molecule has 8 nitrogen and oxygen atoms in total. The first-order valence-corrected chi connectivity index (χ1v) is 10.6. The standard InChI is InChI=1S/C21H23BrClN3O5/c1-4-29-18-10-14(9-17(23)20(18)31-12-19(27)30-5-2)11-24-26-21(28)25-15-6-7-16(22)13(3)8-15/h6-11H,4-5,12H2,1-3H3,(H2,25,26,28)/b24-11+. The van der Waals surface area contributed by atoms with Crippen LogP contribution in [0.1, 0.15) is 25.0 Å². The van der Waals surface area contributed by atoms with Gasteiger partial charge in [-0.15, -0.1) is 0 Å². The molecular weight excluding hydrogens is 490 g/mol. The molecule has 0 fully saturated rings. The Morgan fingerprint density at radius 1 is 1.16 bits per heavy atom. The fraction of sp³-hybridized carbons (Fsp3) is 0.286. The van der Waals surface area contributed by atoms with Gasteiger partial charge in [0.25, 0.3) is 0 Å². The first-order valence-electron chi connectivity index (χ1n) is 9.45. The molecule has 166 valence electrons. The van der Waals surface area contributed by atoms with E-state index in [1.54, 1.807) is 32.0 Å². The third-order valence-electron chi connectivity index (χ3n) is 3.77. The van der Waals surface area contributed by atoms with Gasteiger partial charge in [0.15, 0.2) is 18.1 Å². The Labute approximate surface area is 194 Å². The molecule has 2 N–H and O–H groups in total. The van der Waals surface area contributed by atoms with Crippen molar-refractivity contribution in [1.82, 2.24) is 5.43 Å². The number of benzene rings is 2. The number of nitrogens with one attached hydrogen (secondary N) is 2. The second-order valence-electron chi connectivity index (χ2n) is 6.14. The van der Waals surface area contributed by atoms with E-state index >= 15 is 0 Å². The van der Waals surface area contributed by atoms with Crippen LogP contribution in [0.3, 0.4) is 0 Å². The Kier molecular flexibility index (Phi) is 9.61. The first-order chi connectivity index (χ1) is 14.8. The van der Waals surface area contributed by atoms with Crippen LogP contribution in [0.25, 0.3) is 0 Å². The maximum Gasteiger partial charge on any atom is 0.344 e. The number of esters is 1. The van der Waals surface area contributed by atoms with Crippen LogP contribution < -0.4 is 20.2 Å². The van der Waals surface area contributed by atoms with Crippen molar-refractivity contribution in [2.75, 3.05) is 25.1 Å². The average Bonchev–Trinajstić information content (AvgIpc) is 2.70. The van der Waals surface area contributed by atoms with Crippen LogP contribution in [0.4, 0.5) is 10.5 Å². The summed E-state index contributed by atoms with van der Waals surface area (Å²) < 4.78 is 16.8. The molecule has 0 saturated heterocycles. The second kappa shape index (κ2) is 12.2. The number of aryl methyl sites for hydroxylation is 1. The number of anilines is 1. The minimum Gasteiger partial charge on any atom is -0.490 e. The predicted octanol–water partition coefficient (Wildman–Crippen LogP) is 4.91. The van der Waals surface area contributed by atoms with E-state index in [0.717, 1.165) is 10.0 Å². The summed E-state index contributed by atoms with van der Waals surface area (Å²) in [4.78, 5) is 23.6. The molecule has 10 heteroatoms. The molecule has 31 heavy (non-hydrogen) atoms. The van der Waals surface area contributed by atoms with Gasteiger partial charge in [0.05, 0.1) is 24.5 Å². The maximum absolute atomic E-state index is 12.0. The fourth-order valence-corrected chi connectivity index (χ4v) is 2.97. The number of carbonyl (C=O) groups is 2. The number of halogens is 2. The Bertz CT molecular complexity index is 968. The molecule has 2 aromatic rings. The van der Waals surface area contributed by atoms with Gasteiger partial charge < -0.3 is 19.5 Å². The molecule has 2 rings (SSSR count). The van der Waals surface area contributed by atoms with Crippen LogP contribution in [0.2, 0.25) is 5.02 Å². The molecule has 0 atom stereocenters. The minimum atomic E-state index is -0.511. The lowest BCUT2D eigenvalue weighted by atomic mass is 10.2. The number of rotatable bonds is 9. The second-order valence-corrected chi connectivity index (χ2v) is 7.41. The van der Waals surface area contributed by atoms with Gasteiger partial charge in [0.1, 0.15) is 0 Å². The number of hydrogen-bond acceptors (Lipinski definition) is 6. The lowest BCUT2D eigenvalue weighted by Gasteiger charge is -2.14. The average molecular weight is 513 g/mol. The van der Waals surface area contributed by atoms with Gasteiger partial charge in [0, 0.05) is 10.2 Å². The highest BCUT2D eigenvalue weighted by molar-refractivity contribution is 9.10. The molecule has 0 aliphatic rings. The quantitative estimate of drug-likeness (QED) is 0.283. The Hall–Kier alpha value is -2.78. The van der Waals surface area contributed by atoms with Gasteiger partial charge in [-0.2, -0.15) is 5.10 Å². The Balaban J connectivity index is 2.04. The van der Waals surface area contributed by atoms with Gasteiger partial charge in [-0.05, 0) is 62.2 Å².